The van der Waals surface area contributed by atoms with Crippen molar-refractivity contribution in [2.24, 2.45) is 5.92 Å². The monoisotopic (exact) mass is 547 g/mol. The van der Waals surface area contributed by atoms with Crippen LogP contribution in [0.2, 0.25) is 0 Å². The van der Waals surface area contributed by atoms with Gasteiger partial charge < -0.3 is 15.0 Å². The number of pyridine rings is 3. The maximum Gasteiger partial charge on any atom is 0.227 e. The van der Waals surface area contributed by atoms with Gasteiger partial charge in [0.2, 0.25) is 5.91 Å². The molecule has 1 amide bonds. The van der Waals surface area contributed by atoms with E-state index in [-0.39, 0.29) is 11.8 Å². The highest BCUT2D eigenvalue weighted by Crippen LogP contribution is 2.35. The first kappa shape index (κ1) is 24.9. The van der Waals surface area contributed by atoms with Crippen molar-refractivity contribution >= 4 is 33.5 Å². The van der Waals surface area contributed by atoms with Crippen molar-refractivity contribution in [3.05, 3.63) is 72.9 Å². The summed E-state index contributed by atoms with van der Waals surface area (Å²) in [5, 5.41) is 11.4. The highest BCUT2D eigenvalue weighted by Gasteiger charge is 2.23. The number of H-pyrrole nitrogens is 2. The van der Waals surface area contributed by atoms with Crippen LogP contribution < -0.4 is 10.1 Å². The van der Waals surface area contributed by atoms with E-state index in [1.807, 2.05) is 30.3 Å². The highest BCUT2D eigenvalue weighted by molar-refractivity contribution is 5.99. The van der Waals surface area contributed by atoms with E-state index in [0.29, 0.717) is 39.6 Å². The largest absolute Gasteiger partial charge is 0.497 e. The summed E-state index contributed by atoms with van der Waals surface area (Å²) in [5.74, 6) is 0.129. The molecule has 9 nitrogen and oxygen atoms in total. The first-order chi connectivity index (χ1) is 20.1. The SMILES string of the molecule is COc1cc(F)cc(-c2nccc3[nH]c(-c4n[nH]c5ccc(-c6cncc(NC(=O)C7CCCC7)c6)nc45)cc23)c1. The van der Waals surface area contributed by atoms with Crippen molar-refractivity contribution in [3.8, 4) is 39.7 Å². The predicted molar refractivity (Wildman–Crippen MR) is 155 cm³/mol. The van der Waals surface area contributed by atoms with Crippen LogP contribution in [0.1, 0.15) is 25.7 Å². The van der Waals surface area contributed by atoms with Gasteiger partial charge >= 0.3 is 0 Å². The molecule has 5 heterocycles. The summed E-state index contributed by atoms with van der Waals surface area (Å²) >= 11 is 0. The van der Waals surface area contributed by atoms with Gasteiger partial charge in [0.15, 0.2) is 0 Å². The molecule has 1 aromatic carbocycles. The molecule has 5 aromatic heterocycles. The molecule has 7 rings (SSSR count). The third-order valence-electron chi connectivity index (χ3n) is 7.62. The molecule has 1 aliphatic rings. The Morgan fingerprint density at radius 3 is 2.73 bits per heavy atom. The van der Waals surface area contributed by atoms with Crippen molar-refractivity contribution in [2.45, 2.75) is 25.7 Å². The Morgan fingerprint density at radius 2 is 1.88 bits per heavy atom. The van der Waals surface area contributed by atoms with E-state index >= 15 is 0 Å². The highest BCUT2D eigenvalue weighted by atomic mass is 19.1. The summed E-state index contributed by atoms with van der Waals surface area (Å²) in [5.41, 5.74) is 7.03. The number of hydrogen-bond acceptors (Lipinski definition) is 6. The average molecular weight is 548 g/mol. The number of carbonyl (C=O) groups is 1. The summed E-state index contributed by atoms with van der Waals surface area (Å²) in [6, 6.07) is 14.0. The summed E-state index contributed by atoms with van der Waals surface area (Å²) in [6.07, 6.45) is 9.13. The van der Waals surface area contributed by atoms with Gasteiger partial charge in [-0.3, -0.25) is 19.9 Å². The number of nitrogens with one attached hydrogen (secondary N) is 3. The van der Waals surface area contributed by atoms with E-state index in [1.165, 1.54) is 19.2 Å². The van der Waals surface area contributed by atoms with Crippen LogP contribution in [0.3, 0.4) is 0 Å². The van der Waals surface area contributed by atoms with Crippen molar-refractivity contribution < 1.29 is 13.9 Å². The van der Waals surface area contributed by atoms with Crippen LogP contribution >= 0.6 is 0 Å². The molecule has 6 aromatic rings. The minimum atomic E-state index is -0.402. The van der Waals surface area contributed by atoms with Crippen LogP contribution in [0, 0.1) is 11.7 Å². The molecule has 0 bridgehead atoms. The van der Waals surface area contributed by atoms with Crippen molar-refractivity contribution in [3.63, 3.8) is 0 Å². The van der Waals surface area contributed by atoms with Crippen LogP contribution in [0.25, 0.3) is 55.8 Å². The number of nitrogens with zero attached hydrogens (tertiary/aromatic N) is 4. The fourth-order valence-corrected chi connectivity index (χ4v) is 5.56. The summed E-state index contributed by atoms with van der Waals surface area (Å²) in [4.78, 5) is 29.9. The third kappa shape index (κ3) is 4.67. The number of halogens is 1. The molecule has 0 aliphatic heterocycles. The third-order valence-corrected chi connectivity index (χ3v) is 7.62. The molecule has 1 aliphatic carbocycles. The predicted octanol–water partition coefficient (Wildman–Crippen LogP) is 6.51. The zero-order valence-corrected chi connectivity index (χ0v) is 22.2. The van der Waals surface area contributed by atoms with Gasteiger partial charge in [-0.25, -0.2) is 9.37 Å². The van der Waals surface area contributed by atoms with Gasteiger partial charge in [0.1, 0.15) is 22.8 Å². The first-order valence-corrected chi connectivity index (χ1v) is 13.5. The summed E-state index contributed by atoms with van der Waals surface area (Å²) in [6.45, 7) is 0. The maximum absolute atomic E-state index is 14.3. The number of ether oxygens (including phenoxy) is 1. The minimum Gasteiger partial charge on any atom is -0.497 e. The maximum atomic E-state index is 14.3. The second kappa shape index (κ2) is 10.1. The molecular formula is C31H26FN7O2. The van der Waals surface area contributed by atoms with Gasteiger partial charge in [-0.1, -0.05) is 12.8 Å². The molecule has 0 atom stereocenters. The van der Waals surface area contributed by atoms with Crippen LogP contribution in [0.15, 0.2) is 67.1 Å². The fraction of sp³-hybridized carbons (Fsp3) is 0.194. The van der Waals surface area contributed by atoms with Crippen molar-refractivity contribution in [1.82, 2.24) is 30.1 Å². The smallest absolute Gasteiger partial charge is 0.227 e. The van der Waals surface area contributed by atoms with Gasteiger partial charge in [-0.05, 0) is 55.3 Å². The topological polar surface area (TPSA) is 121 Å². The zero-order chi connectivity index (χ0) is 27.9. The van der Waals surface area contributed by atoms with Gasteiger partial charge in [0.25, 0.3) is 0 Å². The average Bonchev–Trinajstić information content (AvgIpc) is 3.76. The molecule has 204 valence electrons. The Kier molecular flexibility index (Phi) is 6.15. The van der Waals surface area contributed by atoms with Crippen LogP contribution in [-0.2, 0) is 4.79 Å². The number of benzene rings is 1. The molecule has 1 saturated carbocycles. The standard InChI is InChI=1S/C31H26FN7O2/c1-41-22-12-18(10-20(32)13-22)28-23-14-27(36-25(23)8-9-34-28)30-29-26(38-39-30)7-6-24(37-29)19-11-21(16-33-15-19)35-31(40)17-4-2-3-5-17/h6-17,36H,2-5H2,1H3,(H,35,40)(H,38,39). The Balaban J connectivity index is 1.25. The summed E-state index contributed by atoms with van der Waals surface area (Å²) < 4.78 is 19.5. The van der Waals surface area contributed by atoms with E-state index in [1.54, 1.807) is 24.7 Å². The summed E-state index contributed by atoms with van der Waals surface area (Å²) in [7, 11) is 1.50. The molecule has 0 spiro atoms. The molecule has 0 radical (unpaired) electrons. The van der Waals surface area contributed by atoms with E-state index < -0.39 is 5.82 Å². The number of aromatic amines is 2. The second-order valence-corrected chi connectivity index (χ2v) is 10.3. The second-order valence-electron chi connectivity index (χ2n) is 10.3. The number of carbonyl (C=O) groups excluding carboxylic acids is 1. The number of methoxy groups -OCH3 is 1. The lowest BCUT2D eigenvalue weighted by atomic mass is 10.1. The van der Waals surface area contributed by atoms with Gasteiger partial charge in [0.05, 0.1) is 41.6 Å². The molecule has 0 unspecified atom stereocenters. The number of amides is 1. The van der Waals surface area contributed by atoms with Gasteiger partial charge in [-0.2, -0.15) is 5.10 Å². The molecule has 41 heavy (non-hydrogen) atoms. The van der Waals surface area contributed by atoms with Gasteiger partial charge in [0, 0.05) is 46.4 Å². The molecule has 0 saturated heterocycles. The van der Waals surface area contributed by atoms with Crippen LogP contribution in [0.5, 0.6) is 5.75 Å². The van der Waals surface area contributed by atoms with E-state index in [4.69, 9.17) is 9.72 Å². The van der Waals surface area contributed by atoms with Crippen LogP contribution in [-0.4, -0.2) is 43.2 Å². The number of hydrogen-bond donors (Lipinski definition) is 3. The van der Waals surface area contributed by atoms with Gasteiger partial charge in [-0.15, -0.1) is 0 Å². The zero-order valence-electron chi connectivity index (χ0n) is 22.2. The van der Waals surface area contributed by atoms with E-state index in [0.717, 1.165) is 53.4 Å². The first-order valence-electron chi connectivity index (χ1n) is 13.5. The number of anilines is 1. The Bertz CT molecular complexity index is 1920. The lowest BCUT2D eigenvalue weighted by Crippen LogP contribution is -2.20. The van der Waals surface area contributed by atoms with E-state index in [9.17, 15) is 9.18 Å². The number of rotatable bonds is 6. The molecule has 10 heteroatoms. The molecular weight excluding hydrogens is 521 g/mol. The van der Waals surface area contributed by atoms with Crippen molar-refractivity contribution in [1.29, 1.82) is 0 Å². The lowest BCUT2D eigenvalue weighted by Gasteiger charge is -2.11. The normalized spacial score (nSPS) is 13.7. The lowest BCUT2D eigenvalue weighted by molar-refractivity contribution is -0.119. The number of fused-ring (bicyclic) bond motifs is 2. The Morgan fingerprint density at radius 1 is 1.00 bits per heavy atom. The van der Waals surface area contributed by atoms with Crippen LogP contribution in [0.4, 0.5) is 10.1 Å². The molecule has 3 N–H and O–H groups in total. The van der Waals surface area contributed by atoms with E-state index in [2.05, 4.69) is 30.5 Å². The Hall–Kier alpha value is -5.12. The fourth-order valence-electron chi connectivity index (χ4n) is 5.56. The minimum absolute atomic E-state index is 0.0475. The molecule has 1 fully saturated rings. The number of aromatic nitrogens is 6. The Labute approximate surface area is 234 Å². The van der Waals surface area contributed by atoms with Crippen molar-refractivity contribution in [2.75, 3.05) is 12.4 Å². The quantitative estimate of drug-likeness (QED) is 0.219.